The van der Waals surface area contributed by atoms with Crippen LogP contribution in [0.3, 0.4) is 0 Å². The molecule has 148 valence electrons. The molecule has 0 fully saturated rings. The van der Waals surface area contributed by atoms with Crippen LogP contribution in [0.2, 0.25) is 5.02 Å². The minimum absolute atomic E-state index is 0.300. The molecule has 2 aromatic carbocycles. The minimum Gasteiger partial charge on any atom is -0.451 e. The van der Waals surface area contributed by atoms with E-state index in [9.17, 15) is 4.79 Å². The van der Waals surface area contributed by atoms with Gasteiger partial charge in [-0.25, -0.2) is 0 Å². The average molecular weight is 444 g/mol. The van der Waals surface area contributed by atoms with E-state index < -0.39 is 0 Å². The highest BCUT2D eigenvalue weighted by Crippen LogP contribution is 2.32. The molecular formula is C21H18ClN3O2S2. The van der Waals surface area contributed by atoms with E-state index in [-0.39, 0.29) is 5.91 Å². The van der Waals surface area contributed by atoms with E-state index in [1.807, 2.05) is 51.1 Å². The van der Waals surface area contributed by atoms with Gasteiger partial charge in [0.2, 0.25) is 5.13 Å². The Morgan fingerprint density at radius 3 is 2.79 bits per heavy atom. The van der Waals surface area contributed by atoms with Crippen molar-refractivity contribution in [3.63, 3.8) is 0 Å². The number of nitrogens with zero attached hydrogens (tertiary/aromatic N) is 2. The van der Waals surface area contributed by atoms with Crippen LogP contribution in [0, 0.1) is 20.8 Å². The van der Waals surface area contributed by atoms with Gasteiger partial charge in [-0.2, -0.15) is 0 Å². The Hall–Kier alpha value is -2.35. The van der Waals surface area contributed by atoms with E-state index in [0.717, 1.165) is 42.6 Å². The average Bonchev–Trinajstić information content (AvgIpc) is 3.25. The zero-order chi connectivity index (χ0) is 20.5. The molecule has 4 aromatic rings. The quantitative estimate of drug-likeness (QED) is 0.285. The number of aromatic nitrogens is 2. The molecule has 1 N–H and O–H groups in total. The van der Waals surface area contributed by atoms with Gasteiger partial charge in [-0.05, 0) is 49.6 Å². The molecule has 2 aromatic heterocycles. The number of thioether (sulfide) groups is 1. The second kappa shape index (κ2) is 8.18. The Morgan fingerprint density at radius 2 is 2.00 bits per heavy atom. The number of amides is 1. The van der Waals surface area contributed by atoms with Crippen molar-refractivity contribution in [2.45, 2.75) is 30.9 Å². The van der Waals surface area contributed by atoms with Crippen molar-refractivity contribution in [1.29, 1.82) is 0 Å². The zero-order valence-electron chi connectivity index (χ0n) is 16.1. The Labute approximate surface area is 181 Å². The van der Waals surface area contributed by atoms with E-state index in [0.29, 0.717) is 16.6 Å². The molecule has 0 radical (unpaired) electrons. The molecule has 0 bridgehead atoms. The van der Waals surface area contributed by atoms with Crippen molar-refractivity contribution in [1.82, 2.24) is 10.2 Å². The molecule has 29 heavy (non-hydrogen) atoms. The van der Waals surface area contributed by atoms with Crippen molar-refractivity contribution in [2.75, 3.05) is 5.32 Å². The Morgan fingerprint density at radius 1 is 1.21 bits per heavy atom. The van der Waals surface area contributed by atoms with E-state index in [1.54, 1.807) is 0 Å². The molecule has 0 spiro atoms. The largest absolute Gasteiger partial charge is 0.451 e. The highest BCUT2D eigenvalue weighted by molar-refractivity contribution is 8.00. The third-order valence-electron chi connectivity index (χ3n) is 4.51. The second-order valence-electron chi connectivity index (χ2n) is 6.72. The molecule has 0 saturated heterocycles. The summed E-state index contributed by atoms with van der Waals surface area (Å²) in [5.41, 5.74) is 4.77. The normalized spacial score (nSPS) is 11.2. The first kappa shape index (κ1) is 19.9. The fraction of sp³-hybridized carbons (Fsp3) is 0.190. The summed E-state index contributed by atoms with van der Waals surface area (Å²) in [6.45, 7) is 5.92. The van der Waals surface area contributed by atoms with Crippen LogP contribution in [-0.2, 0) is 5.75 Å². The third kappa shape index (κ3) is 4.17. The smallest absolute Gasteiger partial charge is 0.293 e. The zero-order valence-corrected chi connectivity index (χ0v) is 18.5. The molecule has 0 atom stereocenters. The summed E-state index contributed by atoms with van der Waals surface area (Å²) in [5.74, 6) is 0.660. The number of furan rings is 1. The standard InChI is InChI=1S/C21H18ClN3O2S2/c1-11-8-12(2)17-13(3)18(27-16(17)9-11)19(26)23-20-24-25-21(29-20)28-10-14-6-4-5-7-15(14)22/h4-9H,10H2,1-3H3,(H,23,24,26). The molecule has 0 aliphatic rings. The number of rotatable bonds is 5. The predicted molar refractivity (Wildman–Crippen MR) is 119 cm³/mol. The van der Waals surface area contributed by atoms with Crippen LogP contribution in [0.5, 0.6) is 0 Å². The van der Waals surface area contributed by atoms with Gasteiger partial charge in [-0.3, -0.25) is 10.1 Å². The summed E-state index contributed by atoms with van der Waals surface area (Å²) in [7, 11) is 0. The lowest BCUT2D eigenvalue weighted by molar-refractivity contribution is 0.0998. The van der Waals surface area contributed by atoms with Gasteiger partial charge in [-0.15, -0.1) is 10.2 Å². The van der Waals surface area contributed by atoms with Crippen molar-refractivity contribution in [3.05, 3.63) is 69.4 Å². The summed E-state index contributed by atoms with van der Waals surface area (Å²) in [5, 5.41) is 13.2. The maximum Gasteiger partial charge on any atom is 0.293 e. The number of halogens is 1. The molecule has 4 rings (SSSR count). The Balaban J connectivity index is 1.48. The Kier molecular flexibility index (Phi) is 5.63. The van der Waals surface area contributed by atoms with Crippen LogP contribution in [0.15, 0.2) is 45.2 Å². The molecular weight excluding hydrogens is 426 g/mol. The monoisotopic (exact) mass is 443 g/mol. The van der Waals surface area contributed by atoms with Gasteiger partial charge >= 0.3 is 0 Å². The van der Waals surface area contributed by atoms with Crippen LogP contribution >= 0.6 is 34.7 Å². The van der Waals surface area contributed by atoms with Gasteiger partial charge in [-0.1, -0.05) is 59.0 Å². The van der Waals surface area contributed by atoms with Crippen LogP contribution in [0.4, 0.5) is 5.13 Å². The maximum atomic E-state index is 12.7. The van der Waals surface area contributed by atoms with Crippen LogP contribution < -0.4 is 5.32 Å². The number of fused-ring (bicyclic) bond motifs is 1. The van der Waals surface area contributed by atoms with Crippen molar-refractivity contribution < 1.29 is 9.21 Å². The molecule has 0 saturated carbocycles. The fourth-order valence-corrected chi connectivity index (χ4v) is 5.27. The highest BCUT2D eigenvalue weighted by Gasteiger charge is 2.20. The number of carbonyl (C=O) groups excluding carboxylic acids is 1. The lowest BCUT2D eigenvalue weighted by atomic mass is 10.0. The molecule has 1 amide bonds. The molecule has 5 nitrogen and oxygen atoms in total. The number of anilines is 1. The topological polar surface area (TPSA) is 68.0 Å². The van der Waals surface area contributed by atoms with Gasteiger partial charge in [0.05, 0.1) is 0 Å². The fourth-order valence-electron chi connectivity index (χ4n) is 3.23. The first-order chi connectivity index (χ1) is 13.9. The van der Waals surface area contributed by atoms with Crippen LogP contribution in [0.25, 0.3) is 11.0 Å². The lowest BCUT2D eigenvalue weighted by Gasteiger charge is -2.01. The number of aryl methyl sites for hydroxylation is 3. The van der Waals surface area contributed by atoms with Crippen molar-refractivity contribution in [3.8, 4) is 0 Å². The van der Waals surface area contributed by atoms with Crippen LogP contribution in [0.1, 0.15) is 32.8 Å². The van der Waals surface area contributed by atoms with Crippen LogP contribution in [-0.4, -0.2) is 16.1 Å². The summed E-state index contributed by atoms with van der Waals surface area (Å²) < 4.78 is 6.60. The summed E-state index contributed by atoms with van der Waals surface area (Å²) in [6.07, 6.45) is 0. The number of hydrogen-bond donors (Lipinski definition) is 1. The number of benzene rings is 2. The predicted octanol–water partition coefficient (Wildman–Crippen LogP) is 6.41. The van der Waals surface area contributed by atoms with E-state index in [1.165, 1.54) is 23.1 Å². The van der Waals surface area contributed by atoms with Crippen molar-refractivity contribution >= 4 is 56.7 Å². The van der Waals surface area contributed by atoms with Gasteiger partial charge in [0.15, 0.2) is 10.1 Å². The Bertz CT molecular complexity index is 1220. The first-order valence-electron chi connectivity index (χ1n) is 8.94. The van der Waals surface area contributed by atoms with E-state index in [2.05, 4.69) is 21.6 Å². The molecule has 0 aliphatic carbocycles. The number of hydrogen-bond acceptors (Lipinski definition) is 6. The van der Waals surface area contributed by atoms with Gasteiger partial charge < -0.3 is 4.42 Å². The second-order valence-corrected chi connectivity index (χ2v) is 9.33. The molecule has 0 unspecified atom stereocenters. The molecule has 8 heteroatoms. The number of carbonyl (C=O) groups is 1. The number of nitrogens with one attached hydrogen (secondary N) is 1. The van der Waals surface area contributed by atoms with Crippen molar-refractivity contribution in [2.24, 2.45) is 0 Å². The summed E-state index contributed by atoms with van der Waals surface area (Å²) in [4.78, 5) is 12.7. The summed E-state index contributed by atoms with van der Waals surface area (Å²) in [6, 6.07) is 11.7. The van der Waals surface area contributed by atoms with Gasteiger partial charge in [0.1, 0.15) is 5.58 Å². The van der Waals surface area contributed by atoms with E-state index in [4.69, 9.17) is 16.0 Å². The first-order valence-corrected chi connectivity index (χ1v) is 11.1. The molecule has 2 heterocycles. The third-order valence-corrected chi connectivity index (χ3v) is 6.90. The SMILES string of the molecule is Cc1cc(C)c2c(C)c(C(=O)Nc3nnc(SCc4ccccc4Cl)s3)oc2c1. The van der Waals surface area contributed by atoms with Gasteiger partial charge in [0.25, 0.3) is 5.91 Å². The maximum absolute atomic E-state index is 12.7. The molecule has 0 aliphatic heterocycles. The van der Waals surface area contributed by atoms with E-state index >= 15 is 0 Å². The van der Waals surface area contributed by atoms with Gasteiger partial charge in [0, 0.05) is 21.7 Å². The highest BCUT2D eigenvalue weighted by atomic mass is 35.5. The summed E-state index contributed by atoms with van der Waals surface area (Å²) >= 11 is 9.04. The lowest BCUT2D eigenvalue weighted by Crippen LogP contribution is -2.11. The minimum atomic E-state index is -0.324.